The number of hydrazine groups is 1. The van der Waals surface area contributed by atoms with Crippen LogP contribution in [0, 0.1) is 12.3 Å². The van der Waals surface area contributed by atoms with Crippen LogP contribution in [0.3, 0.4) is 0 Å². The molecule has 1 rings (SSSR count). The Morgan fingerprint density at radius 2 is 2.50 bits per heavy atom. The van der Waals surface area contributed by atoms with Gasteiger partial charge in [0.15, 0.2) is 0 Å². The molecule has 1 aromatic heterocycles. The number of hydrogen-bond acceptors (Lipinski definition) is 3. The Hall–Kier alpha value is -1.08. The molecule has 1 unspecified atom stereocenters. The molecule has 62 valence electrons. The lowest BCUT2D eigenvalue weighted by Gasteiger charge is -2.09. The van der Waals surface area contributed by atoms with Crippen LogP contribution < -0.4 is 11.3 Å². The van der Waals surface area contributed by atoms with Crippen LogP contribution in [0.2, 0.25) is 5.02 Å². The summed E-state index contributed by atoms with van der Waals surface area (Å²) in [7, 11) is 0. The van der Waals surface area contributed by atoms with Gasteiger partial charge < -0.3 is 0 Å². The molecule has 1 atom stereocenters. The lowest BCUT2D eigenvalue weighted by Crippen LogP contribution is -2.26. The summed E-state index contributed by atoms with van der Waals surface area (Å²) in [6, 6.07) is 1.37. The van der Waals surface area contributed by atoms with Crippen LogP contribution in [0.4, 0.5) is 0 Å². The number of terminal acetylenes is 1. The molecule has 3 N–H and O–H groups in total. The van der Waals surface area contributed by atoms with Crippen molar-refractivity contribution in [2.75, 3.05) is 0 Å². The van der Waals surface area contributed by atoms with Crippen molar-refractivity contribution in [3.05, 3.63) is 29.0 Å². The minimum absolute atomic E-state index is 0.361. The minimum atomic E-state index is -0.361. The fraction of sp³-hybridized carbons (Fsp3) is 0.125. The average molecular weight is 182 g/mol. The molecule has 0 spiro atoms. The number of rotatable bonds is 2. The third-order valence-corrected chi connectivity index (χ3v) is 1.76. The minimum Gasteiger partial charge on any atom is -0.270 e. The van der Waals surface area contributed by atoms with Crippen LogP contribution in [-0.2, 0) is 0 Å². The van der Waals surface area contributed by atoms with Crippen molar-refractivity contribution >= 4 is 11.6 Å². The molecule has 0 fully saturated rings. The Morgan fingerprint density at radius 1 is 1.75 bits per heavy atom. The quantitative estimate of drug-likeness (QED) is 0.405. The molecule has 0 aliphatic rings. The molecule has 0 amide bonds. The van der Waals surface area contributed by atoms with Crippen LogP contribution in [-0.4, -0.2) is 4.98 Å². The summed E-state index contributed by atoms with van der Waals surface area (Å²) in [5, 5.41) is 0.512. The predicted molar refractivity (Wildman–Crippen MR) is 48.1 cm³/mol. The molecule has 0 radical (unpaired) electrons. The second-order valence-electron chi connectivity index (χ2n) is 2.16. The fourth-order valence-corrected chi connectivity index (χ4v) is 1.08. The van der Waals surface area contributed by atoms with E-state index in [-0.39, 0.29) is 6.04 Å². The highest BCUT2D eigenvalue weighted by atomic mass is 35.5. The van der Waals surface area contributed by atoms with E-state index < -0.39 is 0 Å². The molecule has 0 saturated carbocycles. The first-order valence-corrected chi connectivity index (χ1v) is 3.69. The molecule has 3 nitrogen and oxygen atoms in total. The van der Waals surface area contributed by atoms with Crippen molar-refractivity contribution < 1.29 is 0 Å². The number of aromatic nitrogens is 1. The zero-order valence-electron chi connectivity index (χ0n) is 6.29. The highest BCUT2D eigenvalue weighted by molar-refractivity contribution is 6.31. The molecule has 12 heavy (non-hydrogen) atoms. The van der Waals surface area contributed by atoms with E-state index in [0.29, 0.717) is 5.02 Å². The van der Waals surface area contributed by atoms with Crippen molar-refractivity contribution in [3.63, 3.8) is 0 Å². The number of nitrogens with zero attached hydrogens (tertiary/aromatic N) is 1. The Bertz CT molecular complexity index is 305. The zero-order chi connectivity index (χ0) is 8.97. The largest absolute Gasteiger partial charge is 0.270 e. The summed E-state index contributed by atoms with van der Waals surface area (Å²) >= 11 is 5.82. The first-order valence-electron chi connectivity index (χ1n) is 3.31. The third-order valence-electron chi connectivity index (χ3n) is 1.45. The SMILES string of the molecule is C#CC(NN)c1ccncc1Cl. The normalized spacial score (nSPS) is 12.1. The van der Waals surface area contributed by atoms with Crippen LogP contribution in [0.25, 0.3) is 0 Å². The van der Waals surface area contributed by atoms with Gasteiger partial charge in [0.05, 0.1) is 5.02 Å². The van der Waals surface area contributed by atoms with Gasteiger partial charge in [0, 0.05) is 18.0 Å². The Morgan fingerprint density at radius 3 is 3.00 bits per heavy atom. The van der Waals surface area contributed by atoms with E-state index in [9.17, 15) is 0 Å². The number of halogens is 1. The van der Waals surface area contributed by atoms with E-state index in [1.165, 1.54) is 6.20 Å². The van der Waals surface area contributed by atoms with Crippen LogP contribution >= 0.6 is 11.6 Å². The summed E-state index contributed by atoms with van der Waals surface area (Å²) < 4.78 is 0. The van der Waals surface area contributed by atoms with Gasteiger partial charge in [-0.3, -0.25) is 10.8 Å². The predicted octanol–water partition coefficient (Wildman–Crippen LogP) is 0.873. The van der Waals surface area contributed by atoms with Crippen molar-refractivity contribution in [2.45, 2.75) is 6.04 Å². The lowest BCUT2D eigenvalue weighted by molar-refractivity contribution is 0.673. The summed E-state index contributed by atoms with van der Waals surface area (Å²) in [5.74, 6) is 7.67. The van der Waals surface area contributed by atoms with E-state index in [1.54, 1.807) is 12.3 Å². The van der Waals surface area contributed by atoms with Gasteiger partial charge in [-0.1, -0.05) is 17.5 Å². The van der Waals surface area contributed by atoms with Gasteiger partial charge in [-0.15, -0.1) is 6.42 Å². The Labute approximate surface area is 75.9 Å². The van der Waals surface area contributed by atoms with Gasteiger partial charge in [0.1, 0.15) is 6.04 Å². The highest BCUT2D eigenvalue weighted by Crippen LogP contribution is 2.19. The van der Waals surface area contributed by atoms with Gasteiger partial charge in [-0.2, -0.15) is 0 Å². The molecular formula is C8H8ClN3. The van der Waals surface area contributed by atoms with E-state index >= 15 is 0 Å². The second kappa shape index (κ2) is 4.07. The topological polar surface area (TPSA) is 50.9 Å². The smallest absolute Gasteiger partial charge is 0.108 e. The molecule has 0 saturated heterocycles. The molecule has 0 aliphatic heterocycles. The number of nitrogens with one attached hydrogen (secondary N) is 1. The molecular weight excluding hydrogens is 174 g/mol. The molecule has 0 aliphatic carbocycles. The van der Waals surface area contributed by atoms with E-state index in [2.05, 4.69) is 16.3 Å². The van der Waals surface area contributed by atoms with Gasteiger partial charge in [-0.25, -0.2) is 5.43 Å². The Kier molecular flexibility index (Phi) is 3.06. The van der Waals surface area contributed by atoms with E-state index in [4.69, 9.17) is 23.9 Å². The molecule has 0 bridgehead atoms. The van der Waals surface area contributed by atoms with Gasteiger partial charge >= 0.3 is 0 Å². The van der Waals surface area contributed by atoms with Crippen LogP contribution in [0.5, 0.6) is 0 Å². The van der Waals surface area contributed by atoms with Crippen LogP contribution in [0.15, 0.2) is 18.5 Å². The second-order valence-corrected chi connectivity index (χ2v) is 2.57. The first-order chi connectivity index (χ1) is 5.79. The van der Waals surface area contributed by atoms with Crippen molar-refractivity contribution in [3.8, 4) is 12.3 Å². The maximum Gasteiger partial charge on any atom is 0.108 e. The van der Waals surface area contributed by atoms with Gasteiger partial charge in [0.25, 0.3) is 0 Å². The first kappa shape index (κ1) is 9.01. The van der Waals surface area contributed by atoms with Crippen molar-refractivity contribution in [1.82, 2.24) is 10.4 Å². The fourth-order valence-electron chi connectivity index (χ4n) is 0.848. The summed E-state index contributed by atoms with van der Waals surface area (Å²) in [6.45, 7) is 0. The van der Waals surface area contributed by atoms with Gasteiger partial charge in [-0.05, 0) is 6.07 Å². The standard InChI is InChI=1S/C8H8ClN3/c1-2-8(12-10)6-3-4-11-5-7(6)9/h1,3-5,8,12H,10H2. The maximum atomic E-state index is 5.82. The third kappa shape index (κ3) is 1.74. The summed E-state index contributed by atoms with van der Waals surface area (Å²) in [4.78, 5) is 3.83. The van der Waals surface area contributed by atoms with Gasteiger partial charge in [0.2, 0.25) is 0 Å². The molecule has 4 heteroatoms. The van der Waals surface area contributed by atoms with Crippen molar-refractivity contribution in [2.24, 2.45) is 5.84 Å². The monoisotopic (exact) mass is 181 g/mol. The number of hydrogen-bond donors (Lipinski definition) is 2. The highest BCUT2D eigenvalue weighted by Gasteiger charge is 2.08. The maximum absolute atomic E-state index is 5.82. The molecule has 1 heterocycles. The zero-order valence-corrected chi connectivity index (χ0v) is 7.05. The summed E-state index contributed by atoms with van der Waals surface area (Å²) in [5.41, 5.74) is 3.22. The van der Waals surface area contributed by atoms with E-state index in [1.807, 2.05) is 0 Å². The van der Waals surface area contributed by atoms with E-state index in [0.717, 1.165) is 5.56 Å². The number of nitrogens with two attached hydrogens (primary N) is 1. The van der Waals surface area contributed by atoms with Crippen LogP contribution in [0.1, 0.15) is 11.6 Å². The Balaban J connectivity index is 3.02. The lowest BCUT2D eigenvalue weighted by atomic mass is 10.1. The average Bonchev–Trinajstić information content (AvgIpc) is 2.10. The number of pyridine rings is 1. The van der Waals surface area contributed by atoms with Crippen molar-refractivity contribution in [1.29, 1.82) is 0 Å². The summed E-state index contributed by atoms with van der Waals surface area (Å²) in [6.07, 6.45) is 8.35. The molecule has 0 aromatic carbocycles. The molecule has 1 aromatic rings.